The molecule has 23 heavy (non-hydrogen) atoms. The van der Waals surface area contributed by atoms with Crippen LogP contribution in [0.2, 0.25) is 0 Å². The lowest BCUT2D eigenvalue weighted by Gasteiger charge is -2.03. The summed E-state index contributed by atoms with van der Waals surface area (Å²) in [5, 5.41) is 17.8. The minimum Gasteiger partial charge on any atom is -0.476 e. The van der Waals surface area contributed by atoms with E-state index in [2.05, 4.69) is 32.2 Å². The van der Waals surface area contributed by atoms with E-state index >= 15 is 0 Å². The first-order chi connectivity index (χ1) is 11.1. The van der Waals surface area contributed by atoms with Gasteiger partial charge in [-0.25, -0.2) is 19.3 Å². The number of pyridine rings is 1. The minimum atomic E-state index is -1.32. The van der Waals surface area contributed by atoms with Crippen LogP contribution >= 0.6 is 0 Å². The Kier molecular flexibility index (Phi) is 4.16. The maximum absolute atomic E-state index is 14.0. The van der Waals surface area contributed by atoms with Crippen LogP contribution < -0.4 is 4.74 Å². The molecule has 0 spiro atoms. The molecule has 9 heteroatoms. The molecular formula is C14H11FN4O4. The maximum atomic E-state index is 14.0. The average Bonchev–Trinajstić information content (AvgIpc) is 3.17. The number of H-pyrrole nitrogens is 1. The van der Waals surface area contributed by atoms with Gasteiger partial charge in [-0.2, -0.15) is 0 Å². The molecule has 2 aromatic rings. The van der Waals surface area contributed by atoms with Gasteiger partial charge in [-0.15, -0.1) is 5.10 Å². The summed E-state index contributed by atoms with van der Waals surface area (Å²) in [6, 6.07) is 1.05. The number of hydrogen-bond donors (Lipinski definition) is 2. The molecule has 118 valence electrons. The van der Waals surface area contributed by atoms with Gasteiger partial charge >= 0.3 is 5.97 Å². The summed E-state index contributed by atoms with van der Waals surface area (Å²) < 4.78 is 24.5. The number of nitrogens with one attached hydrogen (secondary N) is 1. The van der Waals surface area contributed by atoms with E-state index in [4.69, 9.17) is 14.6 Å². The third-order valence-corrected chi connectivity index (χ3v) is 3.04. The lowest BCUT2D eigenvalue weighted by atomic mass is 10.2. The van der Waals surface area contributed by atoms with Gasteiger partial charge in [0.25, 0.3) is 5.88 Å². The molecule has 1 unspecified atom stereocenters. The van der Waals surface area contributed by atoms with Gasteiger partial charge in [-0.1, -0.05) is 11.1 Å². The van der Waals surface area contributed by atoms with Crippen molar-refractivity contribution in [3.63, 3.8) is 0 Å². The standard InChI is InChI=1S/C14H11FN4O4/c15-10-6-9(23-13-12(14(20)21)17-19-18-13)7-16-11(10)4-3-8-2-1-5-22-8/h6-8H,1-2,5H2,(H,20,21)(H,17,18,19). The van der Waals surface area contributed by atoms with Gasteiger partial charge in [0.1, 0.15) is 11.8 Å². The second-order valence-corrected chi connectivity index (χ2v) is 4.67. The van der Waals surface area contributed by atoms with Crippen molar-refractivity contribution in [1.29, 1.82) is 0 Å². The highest BCUT2D eigenvalue weighted by Gasteiger charge is 2.17. The second kappa shape index (κ2) is 6.41. The lowest BCUT2D eigenvalue weighted by molar-refractivity contribution is 0.0687. The summed E-state index contributed by atoms with van der Waals surface area (Å²) in [4.78, 5) is 14.7. The summed E-state index contributed by atoms with van der Waals surface area (Å²) in [6.07, 6.45) is 2.79. The van der Waals surface area contributed by atoms with Crippen molar-refractivity contribution in [2.75, 3.05) is 6.61 Å². The van der Waals surface area contributed by atoms with E-state index in [0.29, 0.717) is 6.61 Å². The molecule has 0 bridgehead atoms. The zero-order valence-electron chi connectivity index (χ0n) is 11.7. The Balaban J connectivity index is 1.76. The second-order valence-electron chi connectivity index (χ2n) is 4.67. The number of rotatable bonds is 3. The van der Waals surface area contributed by atoms with Crippen molar-refractivity contribution in [3.05, 3.63) is 29.5 Å². The zero-order valence-corrected chi connectivity index (χ0v) is 11.7. The topological polar surface area (TPSA) is 110 Å². The lowest BCUT2D eigenvalue weighted by Crippen LogP contribution is -2.01. The Morgan fingerprint density at radius 1 is 1.57 bits per heavy atom. The molecule has 3 rings (SSSR count). The van der Waals surface area contributed by atoms with E-state index in [1.54, 1.807) is 0 Å². The van der Waals surface area contributed by atoms with Crippen LogP contribution in [-0.4, -0.2) is 44.2 Å². The monoisotopic (exact) mass is 318 g/mol. The predicted molar refractivity (Wildman–Crippen MR) is 73.5 cm³/mol. The van der Waals surface area contributed by atoms with Crippen LogP contribution in [0.4, 0.5) is 4.39 Å². The number of nitrogens with zero attached hydrogens (tertiary/aromatic N) is 3. The van der Waals surface area contributed by atoms with E-state index in [9.17, 15) is 9.18 Å². The molecule has 8 nitrogen and oxygen atoms in total. The SMILES string of the molecule is O=C(O)c1nn[nH]c1Oc1cnc(C#CC2CCCO2)c(F)c1. The molecule has 1 atom stereocenters. The first-order valence-electron chi connectivity index (χ1n) is 6.74. The molecule has 2 aromatic heterocycles. The van der Waals surface area contributed by atoms with Gasteiger partial charge in [0, 0.05) is 12.7 Å². The van der Waals surface area contributed by atoms with Gasteiger partial charge in [0.15, 0.2) is 11.6 Å². The molecule has 0 aliphatic carbocycles. The molecule has 2 N–H and O–H groups in total. The average molecular weight is 318 g/mol. The Morgan fingerprint density at radius 2 is 2.43 bits per heavy atom. The fraction of sp³-hybridized carbons (Fsp3) is 0.286. The summed E-state index contributed by atoms with van der Waals surface area (Å²) in [5.74, 6) is 3.22. The van der Waals surface area contributed by atoms with Gasteiger partial charge in [0.2, 0.25) is 5.69 Å². The smallest absolute Gasteiger partial charge is 0.362 e. The van der Waals surface area contributed by atoms with Crippen molar-refractivity contribution in [1.82, 2.24) is 20.4 Å². The number of carboxylic acid groups (broad SMARTS) is 1. The predicted octanol–water partition coefficient (Wildman–Crippen LogP) is 1.36. The van der Waals surface area contributed by atoms with Crippen LogP contribution in [0.5, 0.6) is 11.6 Å². The van der Waals surface area contributed by atoms with Crippen molar-refractivity contribution >= 4 is 5.97 Å². The largest absolute Gasteiger partial charge is 0.476 e. The molecule has 3 heterocycles. The molecule has 1 aliphatic rings. The molecule has 1 saturated heterocycles. The molecule has 0 saturated carbocycles. The van der Waals surface area contributed by atoms with Crippen molar-refractivity contribution < 1.29 is 23.8 Å². The highest BCUT2D eigenvalue weighted by Crippen LogP contribution is 2.22. The summed E-state index contributed by atoms with van der Waals surface area (Å²) in [7, 11) is 0. The number of carbonyl (C=O) groups is 1. The molecule has 1 aliphatic heterocycles. The van der Waals surface area contributed by atoms with Crippen molar-refractivity contribution in [2.24, 2.45) is 0 Å². The Morgan fingerprint density at radius 3 is 3.13 bits per heavy atom. The first-order valence-corrected chi connectivity index (χ1v) is 6.74. The Labute approximate surface area is 129 Å². The normalized spacial score (nSPS) is 16.7. The summed E-state index contributed by atoms with van der Waals surface area (Å²) in [6.45, 7) is 0.659. The fourth-order valence-electron chi connectivity index (χ4n) is 1.96. The number of aromatic carboxylic acids is 1. The maximum Gasteiger partial charge on any atom is 0.362 e. The van der Waals surface area contributed by atoms with Crippen LogP contribution in [0.3, 0.4) is 0 Å². The van der Waals surface area contributed by atoms with Gasteiger partial charge < -0.3 is 14.6 Å². The number of halogens is 1. The number of hydrogen-bond acceptors (Lipinski definition) is 6. The van der Waals surface area contributed by atoms with E-state index in [-0.39, 0.29) is 23.4 Å². The molecular weight excluding hydrogens is 307 g/mol. The quantitative estimate of drug-likeness (QED) is 0.822. The highest BCUT2D eigenvalue weighted by atomic mass is 19.1. The van der Waals surface area contributed by atoms with Crippen LogP contribution in [0.1, 0.15) is 29.0 Å². The van der Waals surface area contributed by atoms with E-state index in [0.717, 1.165) is 18.9 Å². The van der Waals surface area contributed by atoms with E-state index < -0.39 is 17.5 Å². The van der Waals surface area contributed by atoms with Crippen LogP contribution in [0.25, 0.3) is 0 Å². The Hall–Kier alpha value is -2.99. The van der Waals surface area contributed by atoms with Crippen LogP contribution in [0.15, 0.2) is 12.3 Å². The van der Waals surface area contributed by atoms with Crippen molar-refractivity contribution in [3.8, 4) is 23.5 Å². The number of aromatic amines is 1. The number of ether oxygens (including phenoxy) is 2. The highest BCUT2D eigenvalue weighted by molar-refractivity contribution is 5.87. The van der Waals surface area contributed by atoms with Crippen LogP contribution in [0, 0.1) is 17.7 Å². The van der Waals surface area contributed by atoms with E-state index in [1.165, 1.54) is 6.20 Å². The first kappa shape index (κ1) is 14.9. The van der Waals surface area contributed by atoms with E-state index in [1.807, 2.05) is 0 Å². The third-order valence-electron chi connectivity index (χ3n) is 3.04. The van der Waals surface area contributed by atoms with Gasteiger partial charge in [-0.05, 0) is 18.8 Å². The molecule has 0 radical (unpaired) electrons. The van der Waals surface area contributed by atoms with Crippen LogP contribution in [-0.2, 0) is 4.74 Å². The summed E-state index contributed by atoms with van der Waals surface area (Å²) in [5.41, 5.74) is -0.443. The number of carboxylic acids is 1. The van der Waals surface area contributed by atoms with Crippen molar-refractivity contribution in [2.45, 2.75) is 18.9 Å². The molecule has 1 fully saturated rings. The fourth-order valence-corrected chi connectivity index (χ4v) is 1.96. The third kappa shape index (κ3) is 3.44. The molecule has 0 amide bonds. The Bertz CT molecular complexity index is 790. The number of aromatic nitrogens is 4. The van der Waals surface area contributed by atoms with Gasteiger partial charge in [-0.3, -0.25) is 0 Å². The van der Waals surface area contributed by atoms with Gasteiger partial charge in [0.05, 0.1) is 6.20 Å². The molecule has 0 aromatic carbocycles. The minimum absolute atomic E-state index is 0.00119. The zero-order chi connectivity index (χ0) is 16.2. The summed E-state index contributed by atoms with van der Waals surface area (Å²) >= 11 is 0.